The molecule has 0 radical (unpaired) electrons. The summed E-state index contributed by atoms with van der Waals surface area (Å²) in [5.41, 5.74) is 1.40. The zero-order valence-electron chi connectivity index (χ0n) is 12.3. The predicted octanol–water partition coefficient (Wildman–Crippen LogP) is 3.17. The highest BCUT2D eigenvalue weighted by molar-refractivity contribution is 6.29. The first-order valence-electron chi connectivity index (χ1n) is 7.64. The van der Waals surface area contributed by atoms with Crippen molar-refractivity contribution in [2.24, 2.45) is 5.92 Å². The largest absolute Gasteiger partial charge is 0.393 e. The van der Waals surface area contributed by atoms with Crippen LogP contribution in [0.3, 0.4) is 0 Å². The van der Waals surface area contributed by atoms with Gasteiger partial charge < -0.3 is 10.4 Å². The second kappa shape index (κ2) is 6.63. The molecule has 2 atom stereocenters. The lowest BCUT2D eigenvalue weighted by molar-refractivity contribution is 0.0874. The summed E-state index contributed by atoms with van der Waals surface area (Å²) in [4.78, 5) is 16.5. The minimum atomic E-state index is -0.216. The highest BCUT2D eigenvalue weighted by atomic mass is 35.5. The van der Waals surface area contributed by atoms with Crippen LogP contribution in [-0.2, 0) is 0 Å². The lowest BCUT2D eigenvalue weighted by Crippen LogP contribution is -2.32. The number of fused-ring (bicyclic) bond motifs is 1. The van der Waals surface area contributed by atoms with Crippen molar-refractivity contribution in [1.29, 1.82) is 0 Å². The molecule has 2 N–H and O–H groups in total. The van der Waals surface area contributed by atoms with Crippen molar-refractivity contribution >= 4 is 28.4 Å². The Labute approximate surface area is 134 Å². The van der Waals surface area contributed by atoms with E-state index in [0.717, 1.165) is 36.6 Å². The van der Waals surface area contributed by atoms with Gasteiger partial charge in [0.15, 0.2) is 0 Å². The van der Waals surface area contributed by atoms with Gasteiger partial charge in [-0.05, 0) is 55.5 Å². The van der Waals surface area contributed by atoms with Gasteiger partial charge in [-0.2, -0.15) is 0 Å². The van der Waals surface area contributed by atoms with Crippen molar-refractivity contribution < 1.29 is 9.90 Å². The Hall–Kier alpha value is -1.65. The van der Waals surface area contributed by atoms with Gasteiger partial charge in [0.25, 0.3) is 5.91 Å². The van der Waals surface area contributed by atoms with Crippen molar-refractivity contribution in [1.82, 2.24) is 10.3 Å². The molecule has 1 aliphatic carbocycles. The van der Waals surface area contributed by atoms with Crippen molar-refractivity contribution in [2.75, 3.05) is 6.54 Å². The number of nitrogens with zero attached hydrogens (tertiary/aromatic N) is 1. The summed E-state index contributed by atoms with van der Waals surface area (Å²) in [6, 6.07) is 8.97. The minimum absolute atomic E-state index is 0.0862. The minimum Gasteiger partial charge on any atom is -0.393 e. The van der Waals surface area contributed by atoms with Gasteiger partial charge in [0.2, 0.25) is 0 Å². The Morgan fingerprint density at radius 1 is 1.32 bits per heavy atom. The Morgan fingerprint density at radius 2 is 2.18 bits per heavy atom. The van der Waals surface area contributed by atoms with Crippen LogP contribution in [0.2, 0.25) is 5.15 Å². The van der Waals surface area contributed by atoms with Gasteiger partial charge in [0.1, 0.15) is 5.15 Å². The van der Waals surface area contributed by atoms with E-state index in [2.05, 4.69) is 10.3 Å². The smallest absolute Gasteiger partial charge is 0.251 e. The summed E-state index contributed by atoms with van der Waals surface area (Å²) in [5, 5.41) is 14.0. The molecule has 4 nitrogen and oxygen atoms in total. The number of carbonyl (C=O) groups excluding carboxylic acids is 1. The lowest BCUT2D eigenvalue weighted by Gasteiger charge is -2.25. The fourth-order valence-electron chi connectivity index (χ4n) is 3.03. The molecule has 3 rings (SSSR count). The number of nitrogens with one attached hydrogen (secondary N) is 1. The molecule has 2 aromatic rings. The third kappa shape index (κ3) is 3.57. The standard InChI is InChI=1S/C17H19ClN2O2/c18-16-7-5-12-9-13(4-6-15(12)20-16)17(22)19-10-11-2-1-3-14(21)8-11/h4-7,9,11,14,21H,1-3,8,10H2,(H,19,22). The fraction of sp³-hybridized carbons (Fsp3) is 0.412. The maximum atomic E-state index is 12.3. The summed E-state index contributed by atoms with van der Waals surface area (Å²) in [5.74, 6) is 0.283. The summed E-state index contributed by atoms with van der Waals surface area (Å²) in [7, 11) is 0. The van der Waals surface area contributed by atoms with Gasteiger partial charge in [-0.25, -0.2) is 4.98 Å². The number of benzene rings is 1. The van der Waals surface area contributed by atoms with E-state index in [0.29, 0.717) is 23.2 Å². The van der Waals surface area contributed by atoms with Gasteiger partial charge in [-0.1, -0.05) is 18.0 Å². The van der Waals surface area contributed by atoms with Crippen LogP contribution in [0.4, 0.5) is 0 Å². The second-order valence-corrected chi connectivity index (χ2v) is 6.33. The molecule has 2 unspecified atom stereocenters. The van der Waals surface area contributed by atoms with E-state index in [-0.39, 0.29) is 12.0 Å². The van der Waals surface area contributed by atoms with Crippen LogP contribution in [0.5, 0.6) is 0 Å². The highest BCUT2D eigenvalue weighted by Gasteiger charge is 2.20. The molecule has 1 saturated carbocycles. The zero-order valence-corrected chi connectivity index (χ0v) is 13.0. The number of rotatable bonds is 3. The molecule has 116 valence electrons. The molecule has 0 spiro atoms. The molecule has 1 aliphatic rings. The molecule has 5 heteroatoms. The average Bonchev–Trinajstić information content (AvgIpc) is 2.52. The van der Waals surface area contributed by atoms with E-state index in [1.165, 1.54) is 0 Å². The Morgan fingerprint density at radius 3 is 3.00 bits per heavy atom. The van der Waals surface area contributed by atoms with Gasteiger partial charge in [-0.3, -0.25) is 4.79 Å². The number of hydrogen-bond acceptors (Lipinski definition) is 3. The molecule has 1 aromatic carbocycles. The number of aromatic nitrogens is 1. The lowest BCUT2D eigenvalue weighted by atomic mass is 9.87. The molecule has 1 fully saturated rings. The number of hydrogen-bond donors (Lipinski definition) is 2. The van der Waals surface area contributed by atoms with Crippen molar-refractivity contribution in [3.63, 3.8) is 0 Å². The Kier molecular flexibility index (Phi) is 4.60. The van der Waals surface area contributed by atoms with Gasteiger partial charge in [-0.15, -0.1) is 0 Å². The maximum Gasteiger partial charge on any atom is 0.251 e. The van der Waals surface area contributed by atoms with Crippen LogP contribution in [-0.4, -0.2) is 28.6 Å². The topological polar surface area (TPSA) is 62.2 Å². The van der Waals surface area contributed by atoms with Crippen LogP contribution in [0.15, 0.2) is 30.3 Å². The maximum absolute atomic E-state index is 12.3. The van der Waals surface area contributed by atoms with Crippen molar-refractivity contribution in [2.45, 2.75) is 31.8 Å². The number of halogens is 1. The van der Waals surface area contributed by atoms with Crippen LogP contribution >= 0.6 is 11.6 Å². The van der Waals surface area contributed by atoms with Crippen molar-refractivity contribution in [3.8, 4) is 0 Å². The van der Waals surface area contributed by atoms with Crippen LogP contribution in [0.1, 0.15) is 36.0 Å². The van der Waals surface area contributed by atoms with Crippen molar-refractivity contribution in [3.05, 3.63) is 41.0 Å². The summed E-state index contributed by atoms with van der Waals surface area (Å²) in [6.07, 6.45) is 3.54. The zero-order chi connectivity index (χ0) is 15.5. The molecule has 22 heavy (non-hydrogen) atoms. The highest BCUT2D eigenvalue weighted by Crippen LogP contribution is 2.23. The summed E-state index contributed by atoms with van der Waals surface area (Å²) >= 11 is 5.86. The molecule has 0 bridgehead atoms. The molecular weight excluding hydrogens is 300 g/mol. The molecule has 1 heterocycles. The normalized spacial score (nSPS) is 21.7. The number of amides is 1. The van der Waals surface area contributed by atoms with E-state index in [9.17, 15) is 9.90 Å². The Bertz CT molecular complexity index is 689. The van der Waals surface area contributed by atoms with E-state index in [4.69, 9.17) is 11.6 Å². The molecular formula is C17H19ClN2O2. The first-order chi connectivity index (χ1) is 10.6. The molecule has 0 aliphatic heterocycles. The quantitative estimate of drug-likeness (QED) is 0.854. The Balaban J connectivity index is 1.65. The van der Waals surface area contributed by atoms with E-state index in [1.807, 2.05) is 12.1 Å². The molecule has 1 aromatic heterocycles. The first-order valence-corrected chi connectivity index (χ1v) is 8.02. The van der Waals surface area contributed by atoms with Crippen LogP contribution in [0.25, 0.3) is 10.9 Å². The summed E-state index contributed by atoms with van der Waals surface area (Å²) in [6.45, 7) is 0.618. The second-order valence-electron chi connectivity index (χ2n) is 5.94. The SMILES string of the molecule is O=C(NCC1CCCC(O)C1)c1ccc2nc(Cl)ccc2c1. The van der Waals surface area contributed by atoms with Gasteiger partial charge >= 0.3 is 0 Å². The van der Waals surface area contributed by atoms with Crippen LogP contribution in [0, 0.1) is 5.92 Å². The molecule has 0 saturated heterocycles. The molecule has 1 amide bonds. The third-order valence-electron chi connectivity index (χ3n) is 4.22. The summed E-state index contributed by atoms with van der Waals surface area (Å²) < 4.78 is 0. The van der Waals surface area contributed by atoms with Gasteiger partial charge in [0, 0.05) is 17.5 Å². The fourth-order valence-corrected chi connectivity index (χ4v) is 3.18. The predicted molar refractivity (Wildman–Crippen MR) is 87.1 cm³/mol. The van der Waals surface area contributed by atoms with Crippen LogP contribution < -0.4 is 5.32 Å². The number of carbonyl (C=O) groups is 1. The number of aliphatic hydroxyl groups is 1. The van der Waals surface area contributed by atoms with E-state index in [1.54, 1.807) is 18.2 Å². The monoisotopic (exact) mass is 318 g/mol. The number of aliphatic hydroxyl groups excluding tert-OH is 1. The van der Waals surface area contributed by atoms with E-state index < -0.39 is 0 Å². The third-order valence-corrected chi connectivity index (χ3v) is 4.43. The van der Waals surface area contributed by atoms with E-state index >= 15 is 0 Å². The first kappa shape index (κ1) is 15.3. The number of pyridine rings is 1. The average molecular weight is 319 g/mol. The van der Waals surface area contributed by atoms with Gasteiger partial charge in [0.05, 0.1) is 11.6 Å².